The largest absolute Gasteiger partial charge is 0.416 e. The highest BCUT2D eigenvalue weighted by Gasteiger charge is 2.32. The molecule has 1 saturated heterocycles. The van der Waals surface area contributed by atoms with Crippen LogP contribution in [0.3, 0.4) is 0 Å². The van der Waals surface area contributed by atoms with Gasteiger partial charge in [-0.3, -0.25) is 0 Å². The van der Waals surface area contributed by atoms with E-state index < -0.39 is 11.7 Å². The summed E-state index contributed by atoms with van der Waals surface area (Å²) in [6.45, 7) is 2.98. The van der Waals surface area contributed by atoms with Gasteiger partial charge in [-0.05, 0) is 44.0 Å². The first kappa shape index (κ1) is 12.4. The molecule has 17 heavy (non-hydrogen) atoms. The van der Waals surface area contributed by atoms with Crippen molar-refractivity contribution in [1.29, 1.82) is 0 Å². The van der Waals surface area contributed by atoms with E-state index in [0.717, 1.165) is 43.5 Å². The maximum Gasteiger partial charge on any atom is 0.416 e. The third-order valence-corrected chi connectivity index (χ3v) is 3.47. The van der Waals surface area contributed by atoms with Crippen LogP contribution in [0, 0.1) is 0 Å². The zero-order valence-corrected chi connectivity index (χ0v) is 9.77. The molecule has 1 aromatic rings. The normalized spacial score (nSPS) is 25.9. The first-order valence-corrected chi connectivity index (χ1v) is 5.85. The van der Waals surface area contributed by atoms with Crippen molar-refractivity contribution in [3.05, 3.63) is 35.4 Å². The van der Waals surface area contributed by atoms with Gasteiger partial charge >= 0.3 is 6.18 Å². The van der Waals surface area contributed by atoms with Crippen LogP contribution in [0.2, 0.25) is 0 Å². The fourth-order valence-electron chi connectivity index (χ4n) is 2.33. The molecule has 0 amide bonds. The molecule has 1 N–H and O–H groups in total. The summed E-state index contributed by atoms with van der Waals surface area (Å²) in [6.07, 6.45) is -1.03. The van der Waals surface area contributed by atoms with E-state index in [4.69, 9.17) is 0 Å². The van der Waals surface area contributed by atoms with Crippen LogP contribution < -0.4 is 5.32 Å². The van der Waals surface area contributed by atoms with Crippen molar-refractivity contribution in [1.82, 2.24) is 5.32 Å². The number of halogens is 3. The lowest BCUT2D eigenvalue weighted by Crippen LogP contribution is -2.43. The number of nitrogens with one attached hydrogen (secondary N) is 1. The molecule has 1 nitrogen and oxygen atoms in total. The Morgan fingerprint density at radius 3 is 2.24 bits per heavy atom. The van der Waals surface area contributed by atoms with Crippen LogP contribution in [0.25, 0.3) is 0 Å². The second-order valence-electron chi connectivity index (χ2n) is 4.79. The predicted molar refractivity (Wildman–Crippen MR) is 60.6 cm³/mol. The van der Waals surface area contributed by atoms with E-state index in [2.05, 4.69) is 12.2 Å². The van der Waals surface area contributed by atoms with Gasteiger partial charge in [-0.15, -0.1) is 0 Å². The smallest absolute Gasteiger partial charge is 0.308 e. The zero-order chi connectivity index (χ0) is 12.5. The van der Waals surface area contributed by atoms with Crippen molar-refractivity contribution in [3.63, 3.8) is 0 Å². The lowest BCUT2D eigenvalue weighted by molar-refractivity contribution is -0.137. The summed E-state index contributed by atoms with van der Waals surface area (Å²) in [5, 5.41) is 3.39. The van der Waals surface area contributed by atoms with Crippen LogP contribution >= 0.6 is 0 Å². The van der Waals surface area contributed by atoms with E-state index in [9.17, 15) is 13.2 Å². The standard InChI is InChI=1S/C13H16F3N/c1-12(8-2-3-9-17-12)10-4-6-11(7-5-10)13(14,15)16/h4-7,17H,2-3,8-9H2,1H3. The summed E-state index contributed by atoms with van der Waals surface area (Å²) in [4.78, 5) is 0. The Hall–Kier alpha value is -1.03. The maximum absolute atomic E-state index is 12.4. The molecule has 0 radical (unpaired) electrons. The van der Waals surface area contributed by atoms with Crippen LogP contribution in [0.5, 0.6) is 0 Å². The van der Waals surface area contributed by atoms with E-state index in [1.54, 1.807) is 12.1 Å². The Labute approximate surface area is 99.0 Å². The highest BCUT2D eigenvalue weighted by Crippen LogP contribution is 2.33. The summed E-state index contributed by atoms with van der Waals surface area (Å²) >= 11 is 0. The third kappa shape index (κ3) is 2.63. The minimum atomic E-state index is -4.25. The Morgan fingerprint density at radius 2 is 1.76 bits per heavy atom. The number of rotatable bonds is 1. The Morgan fingerprint density at radius 1 is 1.12 bits per heavy atom. The van der Waals surface area contributed by atoms with Crippen molar-refractivity contribution in [2.45, 2.75) is 37.9 Å². The van der Waals surface area contributed by atoms with Gasteiger partial charge < -0.3 is 5.32 Å². The average molecular weight is 243 g/mol. The molecule has 1 atom stereocenters. The molecule has 0 bridgehead atoms. The van der Waals surface area contributed by atoms with Crippen molar-refractivity contribution < 1.29 is 13.2 Å². The Bertz CT molecular complexity index is 375. The van der Waals surface area contributed by atoms with Crippen molar-refractivity contribution in [3.8, 4) is 0 Å². The fraction of sp³-hybridized carbons (Fsp3) is 0.538. The van der Waals surface area contributed by atoms with Crippen LogP contribution in [0.15, 0.2) is 24.3 Å². The van der Waals surface area contributed by atoms with Crippen LogP contribution in [0.4, 0.5) is 13.2 Å². The monoisotopic (exact) mass is 243 g/mol. The first-order valence-electron chi connectivity index (χ1n) is 5.85. The van der Waals surface area contributed by atoms with Crippen molar-refractivity contribution in [2.24, 2.45) is 0 Å². The summed E-state index contributed by atoms with van der Waals surface area (Å²) < 4.78 is 37.3. The van der Waals surface area contributed by atoms with Gasteiger partial charge in [0.2, 0.25) is 0 Å². The highest BCUT2D eigenvalue weighted by molar-refractivity contribution is 5.29. The van der Waals surface area contributed by atoms with E-state index in [1.165, 1.54) is 0 Å². The van der Waals surface area contributed by atoms with Crippen molar-refractivity contribution >= 4 is 0 Å². The molecule has 1 heterocycles. The fourth-order valence-corrected chi connectivity index (χ4v) is 2.33. The van der Waals surface area contributed by atoms with E-state index in [-0.39, 0.29) is 5.54 Å². The number of hydrogen-bond acceptors (Lipinski definition) is 1. The summed E-state index contributed by atoms with van der Waals surface area (Å²) in [5.74, 6) is 0. The van der Waals surface area contributed by atoms with Crippen LogP contribution in [-0.2, 0) is 11.7 Å². The SMILES string of the molecule is CC1(c2ccc(C(F)(F)F)cc2)CCCCN1. The Kier molecular flexibility index (Phi) is 3.17. The van der Waals surface area contributed by atoms with Gasteiger partial charge in [0, 0.05) is 5.54 Å². The van der Waals surface area contributed by atoms with Gasteiger partial charge in [0.15, 0.2) is 0 Å². The minimum Gasteiger partial charge on any atom is -0.308 e. The van der Waals surface area contributed by atoms with Crippen LogP contribution in [0.1, 0.15) is 37.3 Å². The molecule has 0 saturated carbocycles. The van der Waals surface area contributed by atoms with E-state index >= 15 is 0 Å². The second kappa shape index (κ2) is 4.33. The van der Waals surface area contributed by atoms with Gasteiger partial charge in [-0.2, -0.15) is 13.2 Å². The highest BCUT2D eigenvalue weighted by atomic mass is 19.4. The lowest BCUT2D eigenvalue weighted by atomic mass is 9.84. The molecule has 1 aromatic carbocycles. The molecule has 1 aliphatic heterocycles. The van der Waals surface area contributed by atoms with Gasteiger partial charge in [-0.1, -0.05) is 18.6 Å². The molecule has 4 heteroatoms. The zero-order valence-electron chi connectivity index (χ0n) is 9.77. The summed E-state index contributed by atoms with van der Waals surface area (Å²) in [7, 11) is 0. The molecular formula is C13H16F3N. The average Bonchev–Trinajstić information content (AvgIpc) is 2.29. The number of hydrogen-bond donors (Lipinski definition) is 1. The molecule has 1 aliphatic rings. The molecule has 0 spiro atoms. The van der Waals surface area contributed by atoms with Gasteiger partial charge in [0.1, 0.15) is 0 Å². The summed E-state index contributed by atoms with van der Waals surface area (Å²) in [6, 6.07) is 5.50. The van der Waals surface area contributed by atoms with E-state index in [0.29, 0.717) is 0 Å². The molecule has 94 valence electrons. The quantitative estimate of drug-likeness (QED) is 0.793. The maximum atomic E-state index is 12.4. The molecule has 1 unspecified atom stereocenters. The molecule has 1 fully saturated rings. The molecular weight excluding hydrogens is 227 g/mol. The first-order chi connectivity index (χ1) is 7.92. The van der Waals surface area contributed by atoms with Gasteiger partial charge in [-0.25, -0.2) is 0 Å². The minimum absolute atomic E-state index is 0.178. The second-order valence-corrected chi connectivity index (χ2v) is 4.79. The topological polar surface area (TPSA) is 12.0 Å². The number of alkyl halides is 3. The Balaban J connectivity index is 2.23. The molecule has 2 rings (SSSR count). The van der Waals surface area contributed by atoms with Crippen molar-refractivity contribution in [2.75, 3.05) is 6.54 Å². The summed E-state index contributed by atoms with van der Waals surface area (Å²) in [5.41, 5.74) is 0.174. The lowest BCUT2D eigenvalue weighted by Gasteiger charge is -2.35. The van der Waals surface area contributed by atoms with Gasteiger partial charge in [0.25, 0.3) is 0 Å². The number of benzene rings is 1. The third-order valence-electron chi connectivity index (χ3n) is 3.47. The molecule has 0 aromatic heterocycles. The number of piperidine rings is 1. The predicted octanol–water partition coefficient (Wildman–Crippen LogP) is 3.69. The molecule has 0 aliphatic carbocycles. The van der Waals surface area contributed by atoms with E-state index in [1.807, 2.05) is 0 Å². The van der Waals surface area contributed by atoms with Gasteiger partial charge in [0.05, 0.1) is 5.56 Å². The van der Waals surface area contributed by atoms with Crippen LogP contribution in [-0.4, -0.2) is 6.54 Å².